The largest absolute Gasteiger partial charge is 0.350 e. The van der Waals surface area contributed by atoms with Gasteiger partial charge in [-0.1, -0.05) is 12.1 Å². The maximum atomic E-state index is 11.7. The predicted octanol–water partition coefficient (Wildman–Crippen LogP) is 0.831. The lowest BCUT2D eigenvalue weighted by atomic mass is 10.1. The molecule has 0 aliphatic rings. The van der Waals surface area contributed by atoms with Gasteiger partial charge in [0.25, 0.3) is 5.91 Å². The number of nitrogens with one attached hydrogen (secondary N) is 1. The first-order valence-electron chi connectivity index (χ1n) is 5.52. The van der Waals surface area contributed by atoms with E-state index >= 15 is 0 Å². The number of amides is 2. The van der Waals surface area contributed by atoms with Crippen molar-refractivity contribution in [3.8, 4) is 0 Å². The Hall–Kier alpha value is -1.31. The first kappa shape index (κ1) is 15.7. The second-order valence-electron chi connectivity index (χ2n) is 3.65. The summed E-state index contributed by atoms with van der Waals surface area (Å²) in [6.07, 6.45) is 1.35. The maximum Gasteiger partial charge on any atom is 0.276 e. The summed E-state index contributed by atoms with van der Waals surface area (Å²) >= 11 is 7.89. The van der Waals surface area contributed by atoms with Crippen LogP contribution in [0.5, 0.6) is 0 Å². The third-order valence-electron chi connectivity index (χ3n) is 2.24. The molecule has 0 radical (unpaired) electrons. The van der Waals surface area contributed by atoms with E-state index in [2.05, 4.69) is 35.6 Å². The summed E-state index contributed by atoms with van der Waals surface area (Å²) in [7, 11) is 0. The summed E-state index contributed by atoms with van der Waals surface area (Å²) in [6, 6.07) is 6.72. The van der Waals surface area contributed by atoms with Crippen molar-refractivity contribution in [2.75, 3.05) is 12.3 Å². The maximum absolute atomic E-state index is 11.7. The lowest BCUT2D eigenvalue weighted by Crippen LogP contribution is -2.26. The van der Waals surface area contributed by atoms with Gasteiger partial charge in [-0.3, -0.25) is 9.59 Å². The first-order chi connectivity index (χ1) is 9.04. The van der Waals surface area contributed by atoms with Crippen LogP contribution in [-0.4, -0.2) is 30.3 Å². The summed E-state index contributed by atoms with van der Waals surface area (Å²) < 4.78 is 0. The van der Waals surface area contributed by atoms with E-state index < -0.39 is 0 Å². The fourth-order valence-corrected chi connectivity index (χ4v) is 1.53. The van der Waals surface area contributed by atoms with Gasteiger partial charge in [-0.25, -0.2) is 4.99 Å². The molecule has 0 fully saturated rings. The number of aliphatic imine (C=N–C) groups is 1. The Balaban J connectivity index is 2.53. The van der Waals surface area contributed by atoms with E-state index in [9.17, 15) is 9.59 Å². The van der Waals surface area contributed by atoms with Gasteiger partial charge in [0.05, 0.1) is 17.7 Å². The van der Waals surface area contributed by atoms with E-state index in [0.29, 0.717) is 5.56 Å². The molecule has 102 valence electrons. The number of hydrogen-bond acceptors (Lipinski definition) is 5. The molecule has 0 aliphatic carbocycles. The zero-order valence-corrected chi connectivity index (χ0v) is 11.9. The van der Waals surface area contributed by atoms with Crippen LogP contribution >= 0.6 is 25.3 Å². The van der Waals surface area contributed by atoms with Gasteiger partial charge in [-0.15, -0.1) is 0 Å². The molecule has 0 saturated carbocycles. The summed E-state index contributed by atoms with van der Waals surface area (Å²) in [5, 5.41) is 2.15. The summed E-state index contributed by atoms with van der Waals surface area (Å²) in [6.45, 7) is 0.199. The van der Waals surface area contributed by atoms with E-state index in [4.69, 9.17) is 5.73 Å². The van der Waals surface area contributed by atoms with Crippen molar-refractivity contribution in [1.82, 2.24) is 5.32 Å². The van der Waals surface area contributed by atoms with Crippen LogP contribution in [0.2, 0.25) is 0 Å². The van der Waals surface area contributed by atoms with Crippen molar-refractivity contribution in [3.63, 3.8) is 0 Å². The van der Waals surface area contributed by atoms with Crippen LogP contribution in [0.3, 0.4) is 0 Å². The molecule has 0 saturated heterocycles. The van der Waals surface area contributed by atoms with E-state index in [1.54, 1.807) is 24.3 Å². The molecule has 7 heteroatoms. The number of carbonyl (C=O) groups excluding carboxylic acids is 2. The number of nitrogens with two attached hydrogens (primary N) is 1. The van der Waals surface area contributed by atoms with E-state index in [0.717, 1.165) is 5.56 Å². The number of nitrogens with zero attached hydrogens (tertiary/aromatic N) is 1. The van der Waals surface area contributed by atoms with Crippen LogP contribution < -0.4 is 11.1 Å². The standard InChI is InChI=1S/C12H15N3O2S2/c13-11(19)8-1-3-9(4-2-8)12(17)15-6-5-14-10(16)7-18/h1-4,6,11,18-19H,5,7,13H2,(H,14,16)/t11-/m1/s1. The minimum absolute atomic E-state index is 0.104. The fourth-order valence-electron chi connectivity index (χ4n) is 1.24. The molecular weight excluding hydrogens is 282 g/mol. The fraction of sp³-hybridized carbons (Fsp3) is 0.250. The third-order valence-corrected chi connectivity index (χ3v) is 2.83. The molecule has 3 N–H and O–H groups in total. The number of carbonyl (C=O) groups is 2. The Morgan fingerprint density at radius 1 is 1.37 bits per heavy atom. The monoisotopic (exact) mass is 297 g/mol. The van der Waals surface area contributed by atoms with Crippen LogP contribution in [0.25, 0.3) is 0 Å². The van der Waals surface area contributed by atoms with Crippen LogP contribution in [-0.2, 0) is 4.79 Å². The Labute approximate surface area is 122 Å². The normalized spacial score (nSPS) is 12.4. The van der Waals surface area contributed by atoms with Crippen molar-refractivity contribution in [3.05, 3.63) is 35.4 Å². The molecular formula is C12H15N3O2S2. The average molecular weight is 297 g/mol. The molecule has 1 aromatic rings. The Morgan fingerprint density at radius 2 is 2.00 bits per heavy atom. The highest BCUT2D eigenvalue weighted by Gasteiger charge is 2.05. The molecule has 0 bridgehead atoms. The van der Waals surface area contributed by atoms with Crippen LogP contribution in [0.15, 0.2) is 29.3 Å². The number of rotatable bonds is 5. The minimum atomic E-state index is -0.376. The molecule has 0 unspecified atom stereocenters. The smallest absolute Gasteiger partial charge is 0.276 e. The van der Waals surface area contributed by atoms with Crippen molar-refractivity contribution < 1.29 is 9.59 Å². The van der Waals surface area contributed by atoms with Crippen molar-refractivity contribution >= 4 is 43.3 Å². The Bertz CT molecular complexity index is 472. The molecule has 1 atom stereocenters. The summed E-state index contributed by atoms with van der Waals surface area (Å²) in [4.78, 5) is 26.3. The highest BCUT2D eigenvalue weighted by atomic mass is 32.1. The lowest BCUT2D eigenvalue weighted by Gasteiger charge is -2.04. The van der Waals surface area contributed by atoms with E-state index in [1.165, 1.54) is 6.21 Å². The third kappa shape index (κ3) is 5.46. The molecule has 5 nitrogen and oxygen atoms in total. The van der Waals surface area contributed by atoms with Gasteiger partial charge in [-0.05, 0) is 17.7 Å². The molecule has 19 heavy (non-hydrogen) atoms. The lowest BCUT2D eigenvalue weighted by molar-refractivity contribution is -0.118. The number of thiol groups is 2. The summed E-state index contributed by atoms with van der Waals surface area (Å²) in [5.74, 6) is -0.485. The topological polar surface area (TPSA) is 84.6 Å². The zero-order valence-electron chi connectivity index (χ0n) is 10.1. The molecule has 0 aliphatic heterocycles. The second-order valence-corrected chi connectivity index (χ2v) is 4.52. The first-order valence-corrected chi connectivity index (χ1v) is 6.67. The average Bonchev–Trinajstić information content (AvgIpc) is 2.43. The Morgan fingerprint density at radius 3 is 2.53 bits per heavy atom. The summed E-state index contributed by atoms with van der Waals surface area (Å²) in [5.41, 5.74) is 6.86. The molecule has 1 aromatic carbocycles. The number of hydrogen-bond donors (Lipinski definition) is 4. The van der Waals surface area contributed by atoms with Gasteiger partial charge in [0.2, 0.25) is 5.91 Å². The van der Waals surface area contributed by atoms with Gasteiger partial charge in [0.1, 0.15) is 0 Å². The van der Waals surface area contributed by atoms with Crippen LogP contribution in [0.1, 0.15) is 21.3 Å². The highest BCUT2D eigenvalue weighted by molar-refractivity contribution is 7.81. The van der Waals surface area contributed by atoms with Gasteiger partial charge in [-0.2, -0.15) is 25.3 Å². The minimum Gasteiger partial charge on any atom is -0.350 e. The van der Waals surface area contributed by atoms with Gasteiger partial charge < -0.3 is 11.1 Å². The van der Waals surface area contributed by atoms with Gasteiger partial charge >= 0.3 is 0 Å². The van der Waals surface area contributed by atoms with E-state index in [1.807, 2.05) is 0 Å². The Kier molecular flexibility index (Phi) is 6.61. The van der Waals surface area contributed by atoms with Crippen molar-refractivity contribution in [2.24, 2.45) is 10.7 Å². The molecule has 0 spiro atoms. The molecule has 0 heterocycles. The van der Waals surface area contributed by atoms with Crippen LogP contribution in [0.4, 0.5) is 0 Å². The predicted molar refractivity (Wildman–Crippen MR) is 82.0 cm³/mol. The number of benzene rings is 1. The highest BCUT2D eigenvalue weighted by Crippen LogP contribution is 2.14. The quantitative estimate of drug-likeness (QED) is 0.369. The van der Waals surface area contributed by atoms with Crippen molar-refractivity contribution in [2.45, 2.75) is 5.37 Å². The molecule has 1 rings (SSSR count). The molecule has 2 amide bonds. The second kappa shape index (κ2) is 7.98. The van der Waals surface area contributed by atoms with Crippen LogP contribution in [0, 0.1) is 0 Å². The van der Waals surface area contributed by atoms with Gasteiger partial charge in [0.15, 0.2) is 0 Å². The van der Waals surface area contributed by atoms with E-state index in [-0.39, 0.29) is 29.5 Å². The zero-order chi connectivity index (χ0) is 14.3. The van der Waals surface area contributed by atoms with Gasteiger partial charge in [0, 0.05) is 11.8 Å². The molecule has 0 aromatic heterocycles. The SMILES string of the molecule is N[C@H](S)c1ccc(C(=O)N=CCNC(=O)CS)cc1. The van der Waals surface area contributed by atoms with Crippen molar-refractivity contribution in [1.29, 1.82) is 0 Å².